The lowest BCUT2D eigenvalue weighted by Gasteiger charge is -2.22. The van der Waals surface area contributed by atoms with E-state index >= 15 is 0 Å². The summed E-state index contributed by atoms with van der Waals surface area (Å²) >= 11 is 6.43. The summed E-state index contributed by atoms with van der Waals surface area (Å²) in [4.78, 5) is 0. The van der Waals surface area contributed by atoms with Crippen molar-refractivity contribution in [3.05, 3.63) is 70.0 Å². The molecule has 124 valence electrons. The van der Waals surface area contributed by atoms with Gasteiger partial charge in [-0.15, -0.1) is 0 Å². The molecule has 0 saturated heterocycles. The van der Waals surface area contributed by atoms with Crippen LogP contribution in [0.3, 0.4) is 0 Å². The highest BCUT2D eigenvalue weighted by molar-refractivity contribution is 6.33. The Morgan fingerprint density at radius 1 is 1.33 bits per heavy atom. The third-order valence-electron chi connectivity index (χ3n) is 4.20. The van der Waals surface area contributed by atoms with Crippen LogP contribution in [-0.2, 0) is 11.8 Å². The number of allylic oxidation sites excluding steroid dienone is 1. The van der Waals surface area contributed by atoms with Crippen molar-refractivity contribution < 1.29 is 4.39 Å². The average Bonchev–Trinajstić information content (AvgIpc) is 2.51. The van der Waals surface area contributed by atoms with Gasteiger partial charge in [-0.25, -0.2) is 4.39 Å². The summed E-state index contributed by atoms with van der Waals surface area (Å²) in [6.07, 6.45) is 0.609. The molecule has 2 rings (SSSR count). The Morgan fingerprint density at radius 3 is 2.58 bits per heavy atom. The number of hydrogen-bond acceptors (Lipinski definition) is 1. The lowest BCUT2D eigenvalue weighted by Crippen LogP contribution is -2.15. The van der Waals surface area contributed by atoms with Crippen molar-refractivity contribution in [2.24, 2.45) is 0 Å². The normalized spacial score (nSPS) is 11.2. The maximum atomic E-state index is 14.5. The zero-order valence-corrected chi connectivity index (χ0v) is 15.3. The van der Waals surface area contributed by atoms with Crippen molar-refractivity contribution in [2.75, 3.05) is 0 Å². The van der Waals surface area contributed by atoms with Crippen LogP contribution in [0.15, 0.2) is 42.5 Å². The molecule has 0 aliphatic carbocycles. The van der Waals surface area contributed by atoms with E-state index < -0.39 is 5.41 Å². The zero-order chi connectivity index (χ0) is 18.1. The molecule has 0 atom stereocenters. The van der Waals surface area contributed by atoms with Gasteiger partial charge in [-0.3, -0.25) is 0 Å². The predicted octanol–water partition coefficient (Wildman–Crippen LogP) is 6.37. The van der Waals surface area contributed by atoms with E-state index in [0.717, 1.165) is 16.7 Å². The number of hydrogen-bond donors (Lipinski definition) is 0. The molecule has 0 spiro atoms. The van der Waals surface area contributed by atoms with E-state index in [1.165, 1.54) is 6.07 Å². The zero-order valence-electron chi connectivity index (χ0n) is 14.5. The van der Waals surface area contributed by atoms with Gasteiger partial charge in [0.25, 0.3) is 0 Å². The fourth-order valence-corrected chi connectivity index (χ4v) is 3.07. The Kier molecular flexibility index (Phi) is 5.16. The lowest BCUT2D eigenvalue weighted by atomic mass is 9.80. The van der Waals surface area contributed by atoms with Gasteiger partial charge in [-0.2, -0.15) is 5.26 Å². The quantitative estimate of drug-likeness (QED) is 0.592. The molecule has 0 bridgehead atoms. The van der Waals surface area contributed by atoms with Crippen molar-refractivity contribution in [3.8, 4) is 17.2 Å². The van der Waals surface area contributed by atoms with E-state index in [1.807, 2.05) is 39.0 Å². The molecule has 0 amide bonds. The number of nitriles is 1. The Bertz CT molecular complexity index is 844. The van der Waals surface area contributed by atoms with Gasteiger partial charge in [0.05, 0.1) is 11.5 Å². The van der Waals surface area contributed by atoms with Gasteiger partial charge in [0, 0.05) is 10.6 Å². The van der Waals surface area contributed by atoms with Crippen LogP contribution in [0.5, 0.6) is 0 Å². The smallest absolute Gasteiger partial charge is 0.127 e. The lowest BCUT2D eigenvalue weighted by molar-refractivity contribution is 0.616. The predicted molar refractivity (Wildman–Crippen MR) is 98.7 cm³/mol. The molecule has 2 aromatic carbocycles. The first-order valence-electron chi connectivity index (χ1n) is 7.81. The standard InChI is InChI=1S/C21H21ClFN/c1-13(2)9-15-10-16(11-19(23)14(15)3)20-17(21(4,5)12-24)7-6-8-18(20)22/h6-8,10-11H,1,9H2,2-5H3. The molecule has 0 aliphatic heterocycles. The minimum absolute atomic E-state index is 0.274. The molecule has 0 saturated carbocycles. The monoisotopic (exact) mass is 341 g/mol. The van der Waals surface area contributed by atoms with Gasteiger partial charge in [0.1, 0.15) is 5.82 Å². The number of halogens is 2. The summed E-state index contributed by atoms with van der Waals surface area (Å²) in [5.74, 6) is -0.274. The van der Waals surface area contributed by atoms with Gasteiger partial charge in [-0.05, 0) is 68.5 Å². The third-order valence-corrected chi connectivity index (χ3v) is 4.51. The second-order valence-electron chi connectivity index (χ2n) is 6.78. The molecule has 0 aliphatic rings. The topological polar surface area (TPSA) is 23.8 Å². The van der Waals surface area contributed by atoms with Crippen molar-refractivity contribution in [3.63, 3.8) is 0 Å². The van der Waals surface area contributed by atoms with Gasteiger partial charge in [0.15, 0.2) is 0 Å². The molecule has 0 fully saturated rings. The summed E-state index contributed by atoms with van der Waals surface area (Å²) in [5, 5.41) is 10.0. The van der Waals surface area contributed by atoms with Crippen molar-refractivity contribution in [2.45, 2.75) is 39.5 Å². The first kappa shape index (κ1) is 18.2. The van der Waals surface area contributed by atoms with Gasteiger partial charge in [0.2, 0.25) is 0 Å². The molecule has 0 radical (unpaired) electrons. The molecule has 1 nitrogen and oxygen atoms in total. The van der Waals surface area contributed by atoms with Gasteiger partial charge >= 0.3 is 0 Å². The fraction of sp³-hybridized carbons (Fsp3) is 0.286. The molecular weight excluding hydrogens is 321 g/mol. The van der Waals surface area contributed by atoms with Crippen molar-refractivity contribution in [1.82, 2.24) is 0 Å². The van der Waals surface area contributed by atoms with E-state index in [-0.39, 0.29) is 5.82 Å². The number of benzene rings is 2. The largest absolute Gasteiger partial charge is 0.207 e. The molecule has 0 aromatic heterocycles. The Balaban J connectivity index is 2.76. The molecule has 24 heavy (non-hydrogen) atoms. The third kappa shape index (κ3) is 3.52. The Labute approximate surface area is 148 Å². The second-order valence-corrected chi connectivity index (χ2v) is 7.18. The minimum Gasteiger partial charge on any atom is -0.207 e. The molecular formula is C21H21ClFN. The highest BCUT2D eigenvalue weighted by Crippen LogP contribution is 2.39. The first-order valence-corrected chi connectivity index (χ1v) is 8.19. The highest BCUT2D eigenvalue weighted by Gasteiger charge is 2.25. The first-order chi connectivity index (χ1) is 11.2. The molecule has 0 N–H and O–H groups in total. The van der Waals surface area contributed by atoms with Crippen LogP contribution in [0.25, 0.3) is 11.1 Å². The van der Waals surface area contributed by atoms with Crippen LogP contribution in [0.1, 0.15) is 37.5 Å². The molecule has 0 unspecified atom stereocenters. The molecule has 3 heteroatoms. The van der Waals surface area contributed by atoms with Crippen LogP contribution in [0.4, 0.5) is 4.39 Å². The van der Waals surface area contributed by atoms with Crippen LogP contribution in [-0.4, -0.2) is 0 Å². The maximum Gasteiger partial charge on any atom is 0.127 e. The summed E-state index contributed by atoms with van der Waals surface area (Å²) < 4.78 is 14.5. The maximum absolute atomic E-state index is 14.5. The summed E-state index contributed by atoms with van der Waals surface area (Å²) in [5.41, 5.74) is 3.95. The summed E-state index contributed by atoms with van der Waals surface area (Å²) in [7, 11) is 0. The number of rotatable bonds is 4. The van der Waals surface area contributed by atoms with Crippen molar-refractivity contribution >= 4 is 11.6 Å². The van der Waals surface area contributed by atoms with E-state index in [2.05, 4.69) is 12.6 Å². The van der Waals surface area contributed by atoms with Crippen LogP contribution < -0.4 is 0 Å². The van der Waals surface area contributed by atoms with Crippen molar-refractivity contribution in [1.29, 1.82) is 5.26 Å². The SMILES string of the molecule is C=C(C)Cc1cc(-c2c(Cl)cccc2C(C)(C)C#N)cc(F)c1C. The fourth-order valence-electron chi connectivity index (χ4n) is 2.79. The summed E-state index contributed by atoms with van der Waals surface area (Å²) in [6, 6.07) is 11.2. The average molecular weight is 342 g/mol. The van der Waals surface area contributed by atoms with E-state index in [0.29, 0.717) is 28.1 Å². The van der Waals surface area contributed by atoms with Gasteiger partial charge in [-0.1, -0.05) is 42.0 Å². The minimum atomic E-state index is -0.726. The highest BCUT2D eigenvalue weighted by atomic mass is 35.5. The van der Waals surface area contributed by atoms with Crippen LogP contribution in [0, 0.1) is 24.1 Å². The Morgan fingerprint density at radius 2 is 2.00 bits per heavy atom. The molecule has 2 aromatic rings. The second kappa shape index (κ2) is 6.79. The van der Waals surface area contributed by atoms with Crippen LogP contribution in [0.2, 0.25) is 5.02 Å². The summed E-state index contributed by atoms with van der Waals surface area (Å²) in [6.45, 7) is 11.3. The molecule has 0 heterocycles. The van der Waals surface area contributed by atoms with E-state index in [9.17, 15) is 9.65 Å². The van der Waals surface area contributed by atoms with Gasteiger partial charge < -0.3 is 0 Å². The van der Waals surface area contributed by atoms with E-state index in [1.54, 1.807) is 13.0 Å². The van der Waals surface area contributed by atoms with Crippen LogP contribution >= 0.6 is 11.6 Å². The Hall–Kier alpha value is -2.11. The number of nitrogens with zero attached hydrogens (tertiary/aromatic N) is 1. The van der Waals surface area contributed by atoms with E-state index in [4.69, 9.17) is 11.6 Å².